The number of fused-ring (bicyclic) bond motifs is 1. The molecule has 0 bridgehead atoms. The Bertz CT molecular complexity index is 2290. The predicted molar refractivity (Wildman–Crippen MR) is 233 cm³/mol. The molecule has 0 spiro atoms. The van der Waals surface area contributed by atoms with Crippen molar-refractivity contribution in [3.05, 3.63) is 99.9 Å². The maximum absolute atomic E-state index is 14.3. The molecule has 15 nitrogen and oxygen atoms in total. The second kappa shape index (κ2) is 19.1. The molecule has 0 saturated carbocycles. The number of rotatable bonds is 19. The number of Topliss-reactive ketones (excluding diaryl/α,β-unsaturated/α-hetero) is 1. The third-order valence-corrected chi connectivity index (χ3v) is 12.4. The van der Waals surface area contributed by atoms with Crippen molar-refractivity contribution in [2.45, 2.75) is 90.0 Å². The number of aryl methyl sites for hydroxylation is 1. The van der Waals surface area contributed by atoms with E-state index in [1.807, 2.05) is 93.2 Å². The number of allylic oxidation sites excluding steroid dienone is 5. The van der Waals surface area contributed by atoms with Crippen LogP contribution in [0.5, 0.6) is 0 Å². The fraction of sp³-hybridized carbons (Fsp3) is 0.467. The highest BCUT2D eigenvalue weighted by atomic mass is 32.2. The highest BCUT2D eigenvalue weighted by Crippen LogP contribution is 2.48. The summed E-state index contributed by atoms with van der Waals surface area (Å²) in [6, 6.07) is 14.4. The topological polar surface area (TPSA) is 195 Å². The second-order valence-corrected chi connectivity index (χ2v) is 18.3. The molecule has 16 heteroatoms. The Balaban J connectivity index is 1.32. The largest absolute Gasteiger partial charge is 0.372 e. The van der Waals surface area contributed by atoms with Gasteiger partial charge < -0.3 is 25.3 Å². The quantitative estimate of drug-likeness (QED) is 0.0591. The third kappa shape index (κ3) is 10.7. The molecule has 2 aliphatic heterocycles. The van der Waals surface area contributed by atoms with Crippen LogP contribution in [0.25, 0.3) is 0 Å². The smallest absolute Gasteiger partial charge is 0.333 e. The van der Waals surface area contributed by atoms with Gasteiger partial charge in [-0.15, -0.1) is 5.06 Å². The van der Waals surface area contributed by atoms with Crippen molar-refractivity contribution >= 4 is 51.0 Å². The molecule has 0 radical (unpaired) electrons. The first-order valence-electron chi connectivity index (χ1n) is 20.5. The van der Waals surface area contributed by atoms with E-state index in [0.29, 0.717) is 43.1 Å². The number of hydrogen-bond acceptors (Lipinski definition) is 12. The lowest BCUT2D eigenvalue weighted by atomic mass is 9.75. The van der Waals surface area contributed by atoms with Crippen molar-refractivity contribution in [2.75, 3.05) is 51.4 Å². The number of imide groups is 1. The summed E-state index contributed by atoms with van der Waals surface area (Å²) < 4.78 is 34.8. The number of nitrogens with one attached hydrogen (secondary N) is 2. The maximum atomic E-state index is 14.3. The molecule has 3 aliphatic rings. The lowest BCUT2D eigenvalue weighted by Gasteiger charge is -2.33. The molecule has 5 rings (SSSR count). The zero-order chi connectivity index (χ0) is 44.9. The van der Waals surface area contributed by atoms with E-state index in [1.165, 1.54) is 0 Å². The van der Waals surface area contributed by atoms with Gasteiger partial charge in [-0.25, -0.2) is 4.79 Å². The molecule has 3 amide bonds. The number of benzene rings is 2. The number of hydrogen-bond donors (Lipinski definition) is 3. The van der Waals surface area contributed by atoms with Gasteiger partial charge in [0.25, 0.3) is 21.9 Å². The second-order valence-electron chi connectivity index (χ2n) is 16.9. The minimum Gasteiger partial charge on any atom is -0.372 e. The first-order chi connectivity index (χ1) is 28.7. The normalized spacial score (nSPS) is 18.6. The molecule has 1 atom stereocenters. The number of hydroxylamine groups is 2. The standard InChI is InChI=1S/C45H58N6O9S/c1-29-16-11-12-17-32(29)44(2,3)36(46-6)26-30-41(31(42(30)55)27-37-45(4,5)33-18-13-14-19-35(33)50(37)8)48-34(28-61(57,58)59)43(56)47-23-25-49(7)24-15-9-10-20-40(54)60-51-38(52)21-22-39(51)53/h11-14,16-19,26-27,34,48H,9-10,15,20-25,28H2,1-8H3,(H,47,56)(H,57,58,59)/b30-26-,37-27+,46-36+. The Morgan fingerprint density at radius 3 is 2.31 bits per heavy atom. The minimum atomic E-state index is -4.68. The first-order valence-corrected chi connectivity index (χ1v) is 22.1. The Labute approximate surface area is 358 Å². The molecule has 1 aliphatic carbocycles. The number of anilines is 1. The Morgan fingerprint density at radius 1 is 1.02 bits per heavy atom. The zero-order valence-corrected chi connectivity index (χ0v) is 37.1. The summed E-state index contributed by atoms with van der Waals surface area (Å²) in [6.45, 7) is 11.3. The van der Waals surface area contributed by atoms with E-state index in [0.717, 1.165) is 28.1 Å². The number of ketones is 1. The SMILES string of the molecule is C/N=C(\C=C1/C(=O)C(/C=C2/N(C)c3ccccc3C2(C)C)=C1NC(CS(=O)(=O)O)C(=O)NCCN(C)CCCCCC(=O)ON1C(=O)CCC1=O)C(C)(C)c1ccccc1C. The van der Waals surface area contributed by atoms with Crippen LogP contribution in [0.4, 0.5) is 5.69 Å². The molecular formula is C45H58N6O9S. The number of likely N-dealkylation sites (N-methyl/N-ethyl adjacent to an activating group) is 2. The van der Waals surface area contributed by atoms with Crippen molar-refractivity contribution in [2.24, 2.45) is 4.99 Å². The minimum absolute atomic E-state index is 0.0311. The summed E-state index contributed by atoms with van der Waals surface area (Å²) in [5, 5.41) is 6.38. The number of carbonyl (C=O) groups excluding carboxylic acids is 5. The molecule has 2 aromatic carbocycles. The molecular weight excluding hydrogens is 801 g/mol. The van der Waals surface area contributed by atoms with Crippen LogP contribution in [-0.2, 0) is 49.8 Å². The summed E-state index contributed by atoms with van der Waals surface area (Å²) in [7, 11) is 0.744. The van der Waals surface area contributed by atoms with E-state index in [9.17, 15) is 36.9 Å². The monoisotopic (exact) mass is 858 g/mol. The van der Waals surface area contributed by atoms with Crippen LogP contribution in [0.3, 0.4) is 0 Å². The third-order valence-electron chi connectivity index (χ3n) is 11.7. The summed E-state index contributed by atoms with van der Waals surface area (Å²) in [5.41, 5.74) is 5.16. The van der Waals surface area contributed by atoms with Crippen LogP contribution < -0.4 is 15.5 Å². The first kappa shape index (κ1) is 46.6. The number of para-hydroxylation sites is 1. The molecule has 3 N–H and O–H groups in total. The van der Waals surface area contributed by atoms with Crippen molar-refractivity contribution in [3.63, 3.8) is 0 Å². The Kier molecular flexibility index (Phi) is 14.6. The molecule has 328 valence electrons. The predicted octanol–water partition coefficient (Wildman–Crippen LogP) is 4.48. The fourth-order valence-electron chi connectivity index (χ4n) is 8.16. The maximum Gasteiger partial charge on any atom is 0.333 e. The van der Waals surface area contributed by atoms with Gasteiger partial charge in [-0.2, -0.15) is 8.42 Å². The van der Waals surface area contributed by atoms with Crippen LogP contribution in [0, 0.1) is 6.92 Å². The van der Waals surface area contributed by atoms with Crippen LogP contribution in [0.1, 0.15) is 82.9 Å². The summed E-state index contributed by atoms with van der Waals surface area (Å²) >= 11 is 0. The fourth-order valence-corrected chi connectivity index (χ4v) is 8.82. The van der Waals surface area contributed by atoms with Gasteiger partial charge >= 0.3 is 5.97 Å². The highest BCUT2D eigenvalue weighted by molar-refractivity contribution is 7.85. The summed E-state index contributed by atoms with van der Waals surface area (Å²) in [5.74, 6) is -3.64. The average Bonchev–Trinajstić information content (AvgIpc) is 3.61. The van der Waals surface area contributed by atoms with Gasteiger partial charge in [-0.1, -0.05) is 76.6 Å². The number of amides is 3. The van der Waals surface area contributed by atoms with Gasteiger partial charge in [-0.3, -0.25) is 28.7 Å². The van der Waals surface area contributed by atoms with Crippen molar-refractivity contribution in [1.29, 1.82) is 0 Å². The number of carbonyl (C=O) groups is 5. The molecule has 1 unspecified atom stereocenters. The van der Waals surface area contributed by atoms with Crippen molar-refractivity contribution < 1.29 is 41.8 Å². The van der Waals surface area contributed by atoms with Crippen LogP contribution in [-0.4, -0.2) is 111 Å². The van der Waals surface area contributed by atoms with Gasteiger partial charge in [0.05, 0.1) is 5.70 Å². The van der Waals surface area contributed by atoms with Gasteiger partial charge in [0.1, 0.15) is 11.8 Å². The molecule has 2 aromatic rings. The van der Waals surface area contributed by atoms with E-state index in [-0.39, 0.29) is 48.4 Å². The average molecular weight is 859 g/mol. The summed E-state index contributed by atoms with van der Waals surface area (Å²) in [6.07, 6.45) is 5.46. The van der Waals surface area contributed by atoms with Crippen LogP contribution >= 0.6 is 0 Å². The lowest BCUT2D eigenvalue weighted by Crippen LogP contribution is -2.51. The van der Waals surface area contributed by atoms with Gasteiger partial charge in [-0.05, 0) is 68.3 Å². The van der Waals surface area contributed by atoms with Gasteiger partial charge in [0.15, 0.2) is 5.78 Å². The van der Waals surface area contributed by atoms with E-state index in [4.69, 9.17) is 4.84 Å². The molecule has 1 fully saturated rings. The highest BCUT2D eigenvalue weighted by Gasteiger charge is 2.43. The van der Waals surface area contributed by atoms with Crippen molar-refractivity contribution in [3.8, 4) is 0 Å². The van der Waals surface area contributed by atoms with E-state index in [1.54, 1.807) is 19.2 Å². The van der Waals surface area contributed by atoms with Gasteiger partial charge in [0, 0.05) is 85.5 Å². The Morgan fingerprint density at radius 2 is 1.67 bits per heavy atom. The van der Waals surface area contributed by atoms with Crippen LogP contribution in [0.2, 0.25) is 0 Å². The van der Waals surface area contributed by atoms with E-state index in [2.05, 4.69) is 29.5 Å². The molecule has 2 heterocycles. The number of nitrogens with zero attached hydrogens (tertiary/aromatic N) is 4. The Hall–Kier alpha value is -5.45. The van der Waals surface area contributed by atoms with Gasteiger partial charge in [0.2, 0.25) is 5.91 Å². The zero-order valence-electron chi connectivity index (χ0n) is 36.3. The van der Waals surface area contributed by atoms with Crippen LogP contribution in [0.15, 0.2) is 88.2 Å². The number of unbranched alkanes of at least 4 members (excludes halogenated alkanes) is 2. The van der Waals surface area contributed by atoms with Crippen molar-refractivity contribution in [1.82, 2.24) is 20.6 Å². The van der Waals surface area contributed by atoms with E-state index >= 15 is 0 Å². The molecule has 0 aromatic heterocycles. The number of aliphatic imine (C=N–C) groups is 1. The lowest BCUT2D eigenvalue weighted by molar-refractivity contribution is -0.197. The van der Waals surface area contributed by atoms with E-state index < -0.39 is 56.4 Å². The molecule has 1 saturated heterocycles. The molecule has 61 heavy (non-hydrogen) atoms. The summed E-state index contributed by atoms with van der Waals surface area (Å²) in [4.78, 5) is 77.0.